The molecule has 0 aliphatic heterocycles. The van der Waals surface area contributed by atoms with Gasteiger partial charge in [0.15, 0.2) is 0 Å². The molecule has 7 heteroatoms. The highest BCUT2D eigenvalue weighted by molar-refractivity contribution is 5.14. The van der Waals surface area contributed by atoms with Crippen LogP contribution in [0.25, 0.3) is 0 Å². The Hall–Kier alpha value is -1.37. The fraction of sp³-hybridized carbons (Fsp3) is 0.857. The van der Waals surface area contributed by atoms with Crippen molar-refractivity contribution in [3.05, 3.63) is 0 Å². The lowest BCUT2D eigenvalue weighted by molar-refractivity contribution is -0.138. The molecule has 0 unspecified atom stereocenters. The van der Waals surface area contributed by atoms with Crippen molar-refractivity contribution >= 4 is 0 Å². The predicted molar refractivity (Wildman–Crippen MR) is 65.0 cm³/mol. The second-order valence-corrected chi connectivity index (χ2v) is 5.75. The Bertz CT molecular complexity index is 405. The smallest absolute Gasteiger partial charge is 0.210 e. The first-order valence-electron chi connectivity index (χ1n) is 6.89. The summed E-state index contributed by atoms with van der Waals surface area (Å²) in [7, 11) is 0. The van der Waals surface area contributed by atoms with E-state index in [1.807, 2.05) is 0 Å². The molecule has 118 valence electrons. The summed E-state index contributed by atoms with van der Waals surface area (Å²) in [6, 6.07) is 3.36. The van der Waals surface area contributed by atoms with E-state index in [1.165, 1.54) is 0 Å². The highest BCUT2D eigenvalue weighted by atomic mass is 19.4. The second kappa shape index (κ2) is 7.06. The number of alkyl halides is 5. The molecule has 0 bridgehead atoms. The van der Waals surface area contributed by atoms with Crippen molar-refractivity contribution in [3.8, 4) is 12.1 Å². The normalized spacial score (nSPS) is 23.6. The largest absolute Gasteiger partial charge is 0.389 e. The molecule has 1 rings (SSSR count). The van der Waals surface area contributed by atoms with Gasteiger partial charge < -0.3 is 0 Å². The third kappa shape index (κ3) is 5.49. The molecule has 0 aromatic carbocycles. The Morgan fingerprint density at radius 1 is 1.05 bits per heavy atom. The minimum Gasteiger partial charge on any atom is -0.210 e. The van der Waals surface area contributed by atoms with Crippen LogP contribution in [0.3, 0.4) is 0 Å². The summed E-state index contributed by atoms with van der Waals surface area (Å²) in [5.41, 5.74) is -1.73. The van der Waals surface area contributed by atoms with Crippen LogP contribution in [-0.4, -0.2) is 12.6 Å². The van der Waals surface area contributed by atoms with Crippen molar-refractivity contribution in [2.24, 2.45) is 17.3 Å². The zero-order valence-corrected chi connectivity index (χ0v) is 11.5. The fourth-order valence-electron chi connectivity index (χ4n) is 2.92. The Balaban J connectivity index is 2.70. The molecule has 0 N–H and O–H groups in total. The molecule has 1 saturated carbocycles. The highest BCUT2D eigenvalue weighted by Gasteiger charge is 2.40. The van der Waals surface area contributed by atoms with Crippen molar-refractivity contribution in [2.75, 3.05) is 0 Å². The van der Waals surface area contributed by atoms with Crippen molar-refractivity contribution in [1.29, 1.82) is 10.5 Å². The fourth-order valence-corrected chi connectivity index (χ4v) is 2.92. The zero-order chi connectivity index (χ0) is 16.1. The summed E-state index contributed by atoms with van der Waals surface area (Å²) in [5.74, 6) is -1.06. The lowest BCUT2D eigenvalue weighted by Crippen LogP contribution is -2.28. The molecule has 2 atom stereocenters. The first-order chi connectivity index (χ1) is 9.71. The summed E-state index contributed by atoms with van der Waals surface area (Å²) in [6.45, 7) is 0. The van der Waals surface area contributed by atoms with Gasteiger partial charge in [0, 0.05) is 12.3 Å². The number of rotatable bonds is 5. The van der Waals surface area contributed by atoms with Gasteiger partial charge in [0.05, 0.1) is 12.1 Å². The van der Waals surface area contributed by atoms with Gasteiger partial charge in [-0.1, -0.05) is 12.8 Å². The van der Waals surface area contributed by atoms with E-state index < -0.39 is 36.8 Å². The summed E-state index contributed by atoms with van der Waals surface area (Å²) < 4.78 is 62.3. The van der Waals surface area contributed by atoms with Crippen molar-refractivity contribution in [1.82, 2.24) is 0 Å². The molecule has 0 aromatic rings. The lowest BCUT2D eigenvalue weighted by Gasteiger charge is -2.32. The average Bonchev–Trinajstić information content (AvgIpc) is 2.43. The molecular formula is C14H17F5N2. The first kappa shape index (κ1) is 17.7. The molecule has 0 heterocycles. The van der Waals surface area contributed by atoms with Crippen LogP contribution in [0.4, 0.5) is 22.0 Å². The van der Waals surface area contributed by atoms with Crippen LogP contribution in [0, 0.1) is 39.9 Å². The van der Waals surface area contributed by atoms with E-state index in [9.17, 15) is 22.0 Å². The Morgan fingerprint density at radius 3 is 2.14 bits per heavy atom. The second-order valence-electron chi connectivity index (χ2n) is 5.75. The molecular weight excluding hydrogens is 291 g/mol. The van der Waals surface area contributed by atoms with Crippen LogP contribution in [0.2, 0.25) is 0 Å². The van der Waals surface area contributed by atoms with Gasteiger partial charge in [-0.05, 0) is 31.6 Å². The summed E-state index contributed by atoms with van der Waals surface area (Å²) in [6.07, 6.45) is -7.04. The lowest BCUT2D eigenvalue weighted by atomic mass is 9.71. The van der Waals surface area contributed by atoms with E-state index in [0.717, 1.165) is 0 Å². The molecule has 0 saturated heterocycles. The zero-order valence-electron chi connectivity index (χ0n) is 11.5. The van der Waals surface area contributed by atoms with E-state index >= 15 is 0 Å². The highest BCUT2D eigenvalue weighted by Crippen LogP contribution is 2.42. The number of hydrogen-bond donors (Lipinski definition) is 0. The van der Waals surface area contributed by atoms with Crippen molar-refractivity contribution < 1.29 is 22.0 Å². The minimum atomic E-state index is -4.43. The monoisotopic (exact) mass is 308 g/mol. The summed E-state index contributed by atoms with van der Waals surface area (Å²) in [4.78, 5) is 0. The number of halogens is 5. The third-order valence-corrected chi connectivity index (χ3v) is 4.08. The third-order valence-electron chi connectivity index (χ3n) is 4.08. The Labute approximate surface area is 120 Å². The maximum absolute atomic E-state index is 12.7. The van der Waals surface area contributed by atoms with Crippen LogP contribution in [-0.2, 0) is 0 Å². The van der Waals surface area contributed by atoms with Gasteiger partial charge in [-0.3, -0.25) is 0 Å². The van der Waals surface area contributed by atoms with Gasteiger partial charge in [0.2, 0.25) is 6.43 Å². The van der Waals surface area contributed by atoms with Crippen LogP contribution in [0.15, 0.2) is 0 Å². The number of nitriles is 2. The minimum absolute atomic E-state index is 0.0562. The Morgan fingerprint density at radius 2 is 1.67 bits per heavy atom. The van der Waals surface area contributed by atoms with Gasteiger partial charge in [0.25, 0.3) is 0 Å². The van der Waals surface area contributed by atoms with Crippen LogP contribution in [0.5, 0.6) is 0 Å². The van der Waals surface area contributed by atoms with Gasteiger partial charge in [0.1, 0.15) is 5.41 Å². The molecule has 21 heavy (non-hydrogen) atoms. The quantitative estimate of drug-likeness (QED) is 0.683. The van der Waals surface area contributed by atoms with Gasteiger partial charge >= 0.3 is 6.18 Å². The molecule has 0 amide bonds. The van der Waals surface area contributed by atoms with E-state index in [0.29, 0.717) is 19.3 Å². The van der Waals surface area contributed by atoms with E-state index in [2.05, 4.69) is 0 Å². The molecule has 1 fully saturated rings. The average molecular weight is 308 g/mol. The van der Waals surface area contributed by atoms with Crippen molar-refractivity contribution in [2.45, 2.75) is 57.5 Å². The van der Waals surface area contributed by atoms with Crippen LogP contribution < -0.4 is 0 Å². The van der Waals surface area contributed by atoms with E-state index in [1.54, 1.807) is 12.1 Å². The molecule has 2 nitrogen and oxygen atoms in total. The maximum atomic E-state index is 12.7. The van der Waals surface area contributed by atoms with Crippen LogP contribution >= 0.6 is 0 Å². The number of nitrogens with zero attached hydrogens (tertiary/aromatic N) is 2. The van der Waals surface area contributed by atoms with Gasteiger partial charge in [-0.25, -0.2) is 8.78 Å². The van der Waals surface area contributed by atoms with Crippen molar-refractivity contribution in [3.63, 3.8) is 0 Å². The Kier molecular flexibility index (Phi) is 5.95. The summed E-state index contributed by atoms with van der Waals surface area (Å²) >= 11 is 0. The molecule has 0 radical (unpaired) electrons. The number of hydrogen-bond acceptors (Lipinski definition) is 2. The topological polar surface area (TPSA) is 47.6 Å². The maximum Gasteiger partial charge on any atom is 0.389 e. The standard InChI is InChI=1S/C14H17F5N2/c15-12(16)11-3-1-2-10(6-11)7-13(8-20,9-21)4-5-14(17,18)19/h10-12H,1-7H2/t10-,11+/m0/s1. The SMILES string of the molecule is N#CC(C#N)(CCC(F)(F)F)C[C@H]1CCC[C@@H](C(F)F)C1. The predicted octanol–water partition coefficient (Wildman–Crippen LogP) is 4.82. The molecule has 0 aromatic heterocycles. The molecule has 1 aliphatic carbocycles. The van der Waals surface area contributed by atoms with E-state index in [-0.39, 0.29) is 18.8 Å². The molecule has 1 aliphatic rings. The van der Waals surface area contributed by atoms with E-state index in [4.69, 9.17) is 10.5 Å². The van der Waals surface area contributed by atoms with Crippen LogP contribution in [0.1, 0.15) is 44.9 Å². The van der Waals surface area contributed by atoms with Gasteiger partial charge in [-0.15, -0.1) is 0 Å². The molecule has 0 spiro atoms. The summed E-state index contributed by atoms with van der Waals surface area (Å²) in [5, 5.41) is 18.2. The van der Waals surface area contributed by atoms with Gasteiger partial charge in [-0.2, -0.15) is 23.7 Å². The first-order valence-corrected chi connectivity index (χ1v) is 6.89.